The smallest absolute Gasteiger partial charge is 0.387 e. The van der Waals surface area contributed by atoms with Crippen molar-refractivity contribution in [2.24, 2.45) is 17.8 Å². The second-order valence-corrected chi connectivity index (χ2v) is 9.38. The number of unbranched alkanes of at least 4 members (excludes halogenated alkanes) is 1. The van der Waals surface area contributed by atoms with E-state index in [-0.39, 0.29) is 5.75 Å². The summed E-state index contributed by atoms with van der Waals surface area (Å²) in [5.74, 6) is 3.76. The van der Waals surface area contributed by atoms with Gasteiger partial charge in [0.25, 0.3) is 0 Å². The van der Waals surface area contributed by atoms with Crippen LogP contribution >= 0.6 is 0 Å². The Balaban J connectivity index is 1.35. The van der Waals surface area contributed by atoms with E-state index < -0.39 is 6.61 Å². The summed E-state index contributed by atoms with van der Waals surface area (Å²) in [5, 5.41) is 0. The first-order valence-electron chi connectivity index (χ1n) is 11.8. The van der Waals surface area contributed by atoms with Crippen molar-refractivity contribution >= 4 is 0 Å². The Morgan fingerprint density at radius 1 is 0.833 bits per heavy atom. The van der Waals surface area contributed by atoms with E-state index in [0.717, 1.165) is 28.9 Å². The van der Waals surface area contributed by atoms with E-state index in [1.807, 2.05) is 12.1 Å². The van der Waals surface area contributed by atoms with Gasteiger partial charge in [0, 0.05) is 0 Å². The molecule has 2 fully saturated rings. The first-order valence-corrected chi connectivity index (χ1v) is 11.8. The van der Waals surface area contributed by atoms with Crippen LogP contribution in [0.25, 0.3) is 11.1 Å². The van der Waals surface area contributed by atoms with Crippen LogP contribution in [0.1, 0.15) is 76.2 Å². The fourth-order valence-electron chi connectivity index (χ4n) is 5.82. The third-order valence-corrected chi connectivity index (χ3v) is 7.48. The molecule has 0 aromatic heterocycles. The average Bonchev–Trinajstić information content (AvgIpc) is 2.77. The van der Waals surface area contributed by atoms with Gasteiger partial charge < -0.3 is 4.74 Å². The molecule has 0 radical (unpaired) electrons. The summed E-state index contributed by atoms with van der Waals surface area (Å²) in [6.45, 7) is -0.476. The van der Waals surface area contributed by atoms with Crippen LogP contribution in [-0.2, 0) is 0 Å². The van der Waals surface area contributed by atoms with E-state index in [9.17, 15) is 8.78 Å². The lowest BCUT2D eigenvalue weighted by molar-refractivity contribution is -0.0498. The zero-order chi connectivity index (χ0) is 20.9. The molecule has 0 spiro atoms. The third kappa shape index (κ3) is 5.22. The Kier molecular flexibility index (Phi) is 7.07. The van der Waals surface area contributed by atoms with Crippen molar-refractivity contribution in [2.45, 2.75) is 77.2 Å². The summed E-state index contributed by atoms with van der Waals surface area (Å²) in [6.07, 6.45) is 12.6. The fraction of sp³-hybridized carbons (Fsp3) is 0.556. The van der Waals surface area contributed by atoms with Gasteiger partial charge in [0.1, 0.15) is 5.75 Å². The van der Waals surface area contributed by atoms with Gasteiger partial charge in [-0.2, -0.15) is 8.78 Å². The maximum atomic E-state index is 12.3. The summed E-state index contributed by atoms with van der Waals surface area (Å²) in [6, 6.07) is 15.8. The van der Waals surface area contributed by atoms with Crippen LogP contribution in [0.3, 0.4) is 0 Å². The van der Waals surface area contributed by atoms with Crippen molar-refractivity contribution in [1.82, 2.24) is 0 Å². The van der Waals surface area contributed by atoms with E-state index in [4.69, 9.17) is 0 Å². The lowest BCUT2D eigenvalue weighted by Gasteiger charge is -2.42. The van der Waals surface area contributed by atoms with Gasteiger partial charge in [-0.05, 0) is 84.6 Å². The molecule has 4 unspecified atom stereocenters. The maximum absolute atomic E-state index is 12.3. The van der Waals surface area contributed by atoms with E-state index >= 15 is 0 Å². The van der Waals surface area contributed by atoms with Crippen molar-refractivity contribution in [3.8, 4) is 16.9 Å². The minimum absolute atomic E-state index is 0.201. The molecule has 0 aliphatic heterocycles. The van der Waals surface area contributed by atoms with Crippen molar-refractivity contribution in [3.63, 3.8) is 0 Å². The molecule has 0 N–H and O–H groups in total. The average molecular weight is 413 g/mol. The number of ether oxygens (including phenoxy) is 1. The van der Waals surface area contributed by atoms with Gasteiger partial charge >= 0.3 is 6.61 Å². The van der Waals surface area contributed by atoms with Crippen LogP contribution in [0.15, 0.2) is 48.5 Å². The largest absolute Gasteiger partial charge is 0.435 e. The highest BCUT2D eigenvalue weighted by Gasteiger charge is 2.35. The standard InChI is InChI=1S/C27H34F2O/c1-2-3-4-19-5-6-25-18-24(12-11-23(25)17-19)22-9-7-20(8-10-22)21-13-15-26(16-14-21)30-27(28)29/h7-10,13-16,19,23-25,27H,2-6,11-12,17-18H2,1H3. The molecule has 0 bridgehead atoms. The summed E-state index contributed by atoms with van der Waals surface area (Å²) in [7, 11) is 0. The zero-order valence-corrected chi connectivity index (χ0v) is 18.0. The molecule has 0 heterocycles. The molecule has 2 saturated carbocycles. The van der Waals surface area contributed by atoms with Crippen molar-refractivity contribution in [3.05, 3.63) is 54.1 Å². The van der Waals surface area contributed by atoms with E-state index in [1.165, 1.54) is 63.4 Å². The normalized spacial score (nSPS) is 26.4. The summed E-state index contributed by atoms with van der Waals surface area (Å²) < 4.78 is 29.1. The summed E-state index contributed by atoms with van der Waals surface area (Å²) in [5.41, 5.74) is 3.60. The van der Waals surface area contributed by atoms with Gasteiger partial charge in [0.2, 0.25) is 0 Å². The lowest BCUT2D eigenvalue weighted by Crippen LogP contribution is -2.30. The summed E-state index contributed by atoms with van der Waals surface area (Å²) in [4.78, 5) is 0. The number of hydrogen-bond acceptors (Lipinski definition) is 1. The number of alkyl halides is 2. The quantitative estimate of drug-likeness (QED) is 0.443. The minimum Gasteiger partial charge on any atom is -0.435 e. The first kappa shape index (κ1) is 21.3. The fourth-order valence-corrected chi connectivity index (χ4v) is 5.82. The molecule has 2 aliphatic carbocycles. The van der Waals surface area contributed by atoms with Crippen LogP contribution in [0.2, 0.25) is 0 Å². The molecular formula is C27H34F2O. The van der Waals surface area contributed by atoms with Crippen LogP contribution in [0, 0.1) is 17.8 Å². The molecule has 162 valence electrons. The predicted molar refractivity (Wildman–Crippen MR) is 119 cm³/mol. The SMILES string of the molecule is CCCCC1CCC2CC(c3ccc(-c4ccc(OC(F)F)cc4)cc3)CCC2C1. The second kappa shape index (κ2) is 9.94. The Bertz CT molecular complexity index is 784. The van der Waals surface area contributed by atoms with Gasteiger partial charge in [-0.25, -0.2) is 0 Å². The Morgan fingerprint density at radius 2 is 1.47 bits per heavy atom. The monoisotopic (exact) mass is 412 g/mol. The van der Waals surface area contributed by atoms with Crippen molar-refractivity contribution < 1.29 is 13.5 Å². The Hall–Kier alpha value is -1.90. The topological polar surface area (TPSA) is 9.23 Å². The maximum Gasteiger partial charge on any atom is 0.387 e. The number of fused-ring (bicyclic) bond motifs is 1. The van der Waals surface area contributed by atoms with Crippen molar-refractivity contribution in [1.29, 1.82) is 0 Å². The van der Waals surface area contributed by atoms with Crippen LogP contribution in [0.5, 0.6) is 5.75 Å². The second-order valence-electron chi connectivity index (χ2n) is 9.38. The highest BCUT2D eigenvalue weighted by Crippen LogP contribution is 2.48. The molecule has 4 rings (SSSR count). The van der Waals surface area contributed by atoms with Crippen LogP contribution in [0.4, 0.5) is 8.78 Å². The molecule has 3 heteroatoms. The molecule has 0 saturated heterocycles. The van der Waals surface area contributed by atoms with Gasteiger partial charge in [-0.15, -0.1) is 0 Å². The van der Waals surface area contributed by atoms with Crippen molar-refractivity contribution in [2.75, 3.05) is 0 Å². The highest BCUT2D eigenvalue weighted by molar-refractivity contribution is 5.64. The third-order valence-electron chi connectivity index (χ3n) is 7.48. The Morgan fingerprint density at radius 3 is 2.13 bits per heavy atom. The molecule has 4 atom stereocenters. The van der Waals surface area contributed by atoms with E-state index in [0.29, 0.717) is 5.92 Å². The van der Waals surface area contributed by atoms with E-state index in [2.05, 4.69) is 35.9 Å². The van der Waals surface area contributed by atoms with E-state index in [1.54, 1.807) is 12.1 Å². The number of hydrogen-bond donors (Lipinski definition) is 0. The molecular weight excluding hydrogens is 378 g/mol. The number of halogens is 2. The molecule has 0 amide bonds. The lowest BCUT2D eigenvalue weighted by atomic mass is 9.63. The molecule has 2 aromatic carbocycles. The minimum atomic E-state index is -2.78. The van der Waals surface area contributed by atoms with Gasteiger partial charge in [0.05, 0.1) is 0 Å². The molecule has 30 heavy (non-hydrogen) atoms. The molecule has 2 aromatic rings. The van der Waals surface area contributed by atoms with Crippen LogP contribution < -0.4 is 4.74 Å². The zero-order valence-electron chi connectivity index (χ0n) is 18.0. The highest BCUT2D eigenvalue weighted by atomic mass is 19.3. The van der Waals surface area contributed by atoms with Crippen LogP contribution in [-0.4, -0.2) is 6.61 Å². The van der Waals surface area contributed by atoms with Gasteiger partial charge in [-0.1, -0.05) is 69.0 Å². The Labute approximate surface area is 179 Å². The molecule has 1 nitrogen and oxygen atoms in total. The van der Waals surface area contributed by atoms with Gasteiger partial charge in [0.15, 0.2) is 0 Å². The van der Waals surface area contributed by atoms with Gasteiger partial charge in [-0.3, -0.25) is 0 Å². The number of rotatable bonds is 7. The number of benzene rings is 2. The molecule has 2 aliphatic rings. The summed E-state index contributed by atoms with van der Waals surface area (Å²) >= 11 is 0. The predicted octanol–water partition coefficient (Wildman–Crippen LogP) is 8.45. The first-order chi connectivity index (χ1) is 14.6.